The average Bonchev–Trinajstić information content (AvgIpc) is 3.10. The van der Waals surface area contributed by atoms with Crippen molar-refractivity contribution in [2.75, 3.05) is 19.4 Å². The van der Waals surface area contributed by atoms with Crippen LogP contribution < -0.4 is 5.32 Å². The second-order valence-corrected chi connectivity index (χ2v) is 6.92. The maximum atomic E-state index is 5.10. The van der Waals surface area contributed by atoms with Gasteiger partial charge in [0, 0.05) is 25.2 Å². The van der Waals surface area contributed by atoms with Crippen LogP contribution in [0.1, 0.15) is 22.4 Å². The molecule has 2 heterocycles. The molecule has 0 saturated heterocycles. The van der Waals surface area contributed by atoms with E-state index in [4.69, 9.17) is 4.98 Å². The molecule has 0 spiro atoms. The summed E-state index contributed by atoms with van der Waals surface area (Å²) in [4.78, 5) is 9.76. The Bertz CT molecular complexity index is 1200. The molecule has 5 rings (SSSR count). The van der Waals surface area contributed by atoms with Gasteiger partial charge in [0.15, 0.2) is 5.65 Å². The first-order chi connectivity index (χ1) is 13.8. The fourth-order valence-electron chi connectivity index (χ4n) is 4.15. The highest BCUT2D eigenvalue weighted by molar-refractivity contribution is 6.16. The predicted molar refractivity (Wildman–Crippen MR) is 114 cm³/mol. The first-order valence-electron chi connectivity index (χ1n) is 9.51. The van der Waals surface area contributed by atoms with Crippen LogP contribution in [-0.4, -0.2) is 34.6 Å². The first kappa shape index (κ1) is 16.7. The summed E-state index contributed by atoms with van der Waals surface area (Å²) in [6.07, 6.45) is 3.79. The highest BCUT2D eigenvalue weighted by atomic mass is 15.3. The summed E-state index contributed by atoms with van der Waals surface area (Å²) in [6.45, 7) is 0. The second kappa shape index (κ2) is 6.60. The molecule has 28 heavy (non-hydrogen) atoms. The Hall–Kier alpha value is -3.47. The number of nitrogens with one attached hydrogen (secondary N) is 1. The molecule has 0 atom stereocenters. The molecular weight excluding hydrogens is 346 g/mol. The van der Waals surface area contributed by atoms with Crippen LogP contribution in [-0.2, 0) is 12.8 Å². The van der Waals surface area contributed by atoms with E-state index in [-0.39, 0.29) is 0 Å². The smallest absolute Gasteiger partial charge is 0.165 e. The van der Waals surface area contributed by atoms with Crippen LogP contribution in [0, 0.1) is 0 Å². The lowest BCUT2D eigenvalue weighted by Crippen LogP contribution is -2.12. The predicted octanol–water partition coefficient (Wildman–Crippen LogP) is 4.03. The number of para-hydroxylation sites is 1. The molecule has 0 saturated carbocycles. The number of aryl methyl sites for hydroxylation is 1. The van der Waals surface area contributed by atoms with Gasteiger partial charge in [-0.25, -0.2) is 9.67 Å². The Morgan fingerprint density at radius 2 is 1.79 bits per heavy atom. The van der Waals surface area contributed by atoms with Gasteiger partial charge >= 0.3 is 0 Å². The second-order valence-electron chi connectivity index (χ2n) is 6.92. The van der Waals surface area contributed by atoms with E-state index < -0.39 is 0 Å². The number of anilines is 1. The minimum Gasteiger partial charge on any atom is -0.387 e. The largest absolute Gasteiger partial charge is 0.387 e. The van der Waals surface area contributed by atoms with Gasteiger partial charge in [-0.15, -0.1) is 0 Å². The van der Waals surface area contributed by atoms with Crippen LogP contribution in [0.3, 0.4) is 0 Å². The van der Waals surface area contributed by atoms with E-state index in [1.807, 2.05) is 55.3 Å². The monoisotopic (exact) mass is 367 g/mol. The summed E-state index contributed by atoms with van der Waals surface area (Å²) in [5.41, 5.74) is 8.52. The molecule has 2 aromatic carbocycles. The van der Waals surface area contributed by atoms with Gasteiger partial charge in [-0.05, 0) is 30.5 Å². The van der Waals surface area contributed by atoms with E-state index in [9.17, 15) is 0 Å². The van der Waals surface area contributed by atoms with E-state index in [1.165, 1.54) is 16.7 Å². The Labute approximate surface area is 163 Å². The SMILES string of the molecule is C/N=C1\c2ccccc2CCc2c1nc1c(cnn1-c1ccccc1)c2NC. The van der Waals surface area contributed by atoms with E-state index in [1.54, 1.807) is 0 Å². The number of fused-ring (bicyclic) bond motifs is 3. The number of hydrogen-bond donors (Lipinski definition) is 1. The summed E-state index contributed by atoms with van der Waals surface area (Å²) >= 11 is 0. The Morgan fingerprint density at radius 3 is 2.57 bits per heavy atom. The van der Waals surface area contributed by atoms with Crippen LogP contribution in [0.5, 0.6) is 0 Å². The fraction of sp³-hybridized carbons (Fsp3) is 0.174. The molecule has 4 aromatic rings. The van der Waals surface area contributed by atoms with Gasteiger partial charge in [0.2, 0.25) is 0 Å². The quantitative estimate of drug-likeness (QED) is 0.582. The van der Waals surface area contributed by atoms with Crippen molar-refractivity contribution >= 4 is 22.4 Å². The zero-order valence-electron chi connectivity index (χ0n) is 16.0. The van der Waals surface area contributed by atoms with E-state index in [0.29, 0.717) is 0 Å². The molecule has 1 aliphatic carbocycles. The third kappa shape index (κ3) is 2.43. The number of aliphatic imine (C=N–C) groups is 1. The van der Waals surface area contributed by atoms with Crippen LogP contribution in [0.25, 0.3) is 16.7 Å². The van der Waals surface area contributed by atoms with Crippen LogP contribution in [0.2, 0.25) is 0 Å². The van der Waals surface area contributed by atoms with E-state index in [2.05, 4.69) is 39.7 Å². The zero-order valence-corrected chi connectivity index (χ0v) is 16.0. The molecule has 138 valence electrons. The topological polar surface area (TPSA) is 55.1 Å². The molecule has 0 unspecified atom stereocenters. The number of aromatic nitrogens is 3. The average molecular weight is 367 g/mol. The maximum Gasteiger partial charge on any atom is 0.165 e. The van der Waals surface area contributed by atoms with Gasteiger partial charge in [-0.2, -0.15) is 5.10 Å². The minimum atomic E-state index is 0.842. The van der Waals surface area contributed by atoms with Crippen molar-refractivity contribution in [1.82, 2.24) is 14.8 Å². The Morgan fingerprint density at radius 1 is 1.00 bits per heavy atom. The Kier molecular flexibility index (Phi) is 3.93. The van der Waals surface area contributed by atoms with Gasteiger partial charge in [-0.3, -0.25) is 4.99 Å². The standard InChI is InChI=1S/C23H21N5/c1-24-20-18-13-12-15-8-6-7-11-17(15)21(25-2)22(18)27-23-19(20)14-26-28(23)16-9-4-3-5-10-16/h3-11,14H,12-13H2,1-2H3,(H,24,27)/b25-21+. The number of nitrogens with zero attached hydrogens (tertiary/aromatic N) is 4. The van der Waals surface area contributed by atoms with E-state index in [0.717, 1.165) is 46.7 Å². The van der Waals surface area contributed by atoms with Gasteiger partial charge in [0.25, 0.3) is 0 Å². The molecular formula is C23H21N5. The van der Waals surface area contributed by atoms with Crippen molar-refractivity contribution in [1.29, 1.82) is 0 Å². The summed E-state index contributed by atoms with van der Waals surface area (Å²) in [7, 11) is 3.82. The van der Waals surface area contributed by atoms with Crippen LogP contribution in [0.4, 0.5) is 5.69 Å². The van der Waals surface area contributed by atoms with Crippen molar-refractivity contribution in [2.24, 2.45) is 4.99 Å². The lowest BCUT2D eigenvalue weighted by atomic mass is 10.0. The highest BCUT2D eigenvalue weighted by Gasteiger charge is 2.25. The van der Waals surface area contributed by atoms with E-state index >= 15 is 0 Å². The lowest BCUT2D eigenvalue weighted by molar-refractivity contribution is 0.894. The van der Waals surface area contributed by atoms with Crippen molar-refractivity contribution in [3.05, 3.63) is 83.2 Å². The molecule has 5 heteroatoms. The summed E-state index contributed by atoms with van der Waals surface area (Å²) in [5.74, 6) is 0. The minimum absolute atomic E-state index is 0.842. The normalized spacial score (nSPS) is 14.6. The molecule has 0 aliphatic heterocycles. The van der Waals surface area contributed by atoms with Gasteiger partial charge < -0.3 is 5.32 Å². The molecule has 0 bridgehead atoms. The van der Waals surface area contributed by atoms with Crippen molar-refractivity contribution in [3.8, 4) is 5.69 Å². The highest BCUT2D eigenvalue weighted by Crippen LogP contribution is 2.34. The third-order valence-corrected chi connectivity index (χ3v) is 5.43. The molecule has 0 amide bonds. The van der Waals surface area contributed by atoms with Crippen LogP contribution >= 0.6 is 0 Å². The first-order valence-corrected chi connectivity index (χ1v) is 9.51. The molecule has 1 aliphatic rings. The zero-order chi connectivity index (χ0) is 19.1. The summed E-state index contributed by atoms with van der Waals surface area (Å²) in [6, 6.07) is 18.6. The third-order valence-electron chi connectivity index (χ3n) is 5.43. The lowest BCUT2D eigenvalue weighted by Gasteiger charge is -2.15. The summed E-state index contributed by atoms with van der Waals surface area (Å²) < 4.78 is 1.90. The molecule has 0 fully saturated rings. The number of benzene rings is 2. The summed E-state index contributed by atoms with van der Waals surface area (Å²) in [5, 5.41) is 9.09. The molecule has 5 nitrogen and oxygen atoms in total. The van der Waals surface area contributed by atoms with Gasteiger partial charge in [0.1, 0.15) is 0 Å². The number of hydrogen-bond acceptors (Lipinski definition) is 4. The van der Waals surface area contributed by atoms with Crippen LogP contribution in [0.15, 0.2) is 65.8 Å². The van der Waals surface area contributed by atoms with Crippen molar-refractivity contribution < 1.29 is 0 Å². The van der Waals surface area contributed by atoms with Gasteiger partial charge in [0.05, 0.1) is 34.4 Å². The Balaban J connectivity index is 1.83. The van der Waals surface area contributed by atoms with Crippen molar-refractivity contribution in [2.45, 2.75) is 12.8 Å². The molecule has 1 N–H and O–H groups in total. The molecule has 0 radical (unpaired) electrons. The maximum absolute atomic E-state index is 5.10. The molecule has 2 aromatic heterocycles. The van der Waals surface area contributed by atoms with Crippen molar-refractivity contribution in [3.63, 3.8) is 0 Å². The van der Waals surface area contributed by atoms with Gasteiger partial charge in [-0.1, -0.05) is 42.5 Å². The number of pyridine rings is 1. The number of rotatable bonds is 2. The fourth-order valence-corrected chi connectivity index (χ4v) is 4.15.